The van der Waals surface area contributed by atoms with E-state index in [0.29, 0.717) is 70.0 Å². The number of rotatable bonds is 15. The second kappa shape index (κ2) is 21.4. The normalized spacial score (nSPS) is 20.6. The van der Waals surface area contributed by atoms with Crippen molar-refractivity contribution in [2.75, 3.05) is 100 Å². The minimum atomic E-state index is -0.538. The van der Waals surface area contributed by atoms with Gasteiger partial charge in [-0.3, -0.25) is 9.97 Å². The van der Waals surface area contributed by atoms with E-state index in [4.69, 9.17) is 9.47 Å². The van der Waals surface area contributed by atoms with Crippen LogP contribution in [-0.2, 0) is 9.47 Å². The predicted octanol–water partition coefficient (Wildman–Crippen LogP) is 5.59. The molecule has 368 valence electrons. The topological polar surface area (TPSA) is 226 Å². The van der Waals surface area contributed by atoms with E-state index in [9.17, 15) is 9.50 Å². The number of benzene rings is 2. The molecule has 7 N–H and O–H groups in total. The maximum atomic E-state index is 15.4. The van der Waals surface area contributed by atoms with Crippen molar-refractivity contribution in [3.63, 3.8) is 0 Å². The van der Waals surface area contributed by atoms with Crippen LogP contribution in [-0.4, -0.2) is 125 Å². The Morgan fingerprint density at radius 1 is 0.704 bits per heavy atom. The summed E-state index contributed by atoms with van der Waals surface area (Å²) in [6.07, 6.45) is 9.54. The lowest BCUT2D eigenvalue weighted by Gasteiger charge is -2.38. The average molecular weight is 969 g/mol. The Morgan fingerprint density at radius 3 is 2.00 bits per heavy atom. The molecule has 0 amide bonds. The highest BCUT2D eigenvalue weighted by molar-refractivity contribution is 5.79. The second-order valence-corrected chi connectivity index (χ2v) is 17.5. The van der Waals surface area contributed by atoms with Gasteiger partial charge in [-0.25, -0.2) is 40.5 Å². The Hall–Kier alpha value is -7.86. The van der Waals surface area contributed by atoms with Crippen molar-refractivity contribution < 1.29 is 23.4 Å². The summed E-state index contributed by atoms with van der Waals surface area (Å²) in [6, 6.07) is 21.2. The van der Waals surface area contributed by atoms with Crippen molar-refractivity contribution in [2.45, 2.75) is 38.5 Å². The van der Waals surface area contributed by atoms with Gasteiger partial charge in [-0.05, 0) is 68.8 Å². The van der Waals surface area contributed by atoms with Crippen LogP contribution in [0.3, 0.4) is 0 Å². The van der Waals surface area contributed by atoms with Crippen molar-refractivity contribution in [3.05, 3.63) is 115 Å². The lowest BCUT2D eigenvalue weighted by atomic mass is 9.94. The highest BCUT2D eigenvalue weighted by atomic mass is 19.1. The van der Waals surface area contributed by atoms with Gasteiger partial charge in [-0.15, -0.1) is 0 Å². The number of aromatic nitrogens is 6. The van der Waals surface area contributed by atoms with E-state index in [-0.39, 0.29) is 47.3 Å². The molecule has 0 aliphatic carbocycles. The van der Waals surface area contributed by atoms with E-state index < -0.39 is 11.6 Å². The Balaban J connectivity index is 0.708. The van der Waals surface area contributed by atoms with Gasteiger partial charge in [0.2, 0.25) is 11.9 Å². The van der Waals surface area contributed by atoms with Gasteiger partial charge in [0.1, 0.15) is 5.75 Å². The molecule has 2 aromatic carbocycles. The zero-order valence-electron chi connectivity index (χ0n) is 39.1. The Bertz CT molecular complexity index is 2840. The first kappa shape index (κ1) is 46.8. The van der Waals surface area contributed by atoms with Crippen LogP contribution in [0.1, 0.15) is 31.7 Å². The number of nitrogens with one attached hydrogen (secondary N) is 6. The summed E-state index contributed by atoms with van der Waals surface area (Å²) in [7, 11) is 0. The third-order valence-corrected chi connectivity index (χ3v) is 12.5. The molecule has 23 heteroatoms. The first-order valence-corrected chi connectivity index (χ1v) is 23.5. The largest absolute Gasteiger partial charge is 0.508 e. The lowest BCUT2D eigenvalue weighted by molar-refractivity contribution is 0.00325. The quantitative estimate of drug-likeness (QED) is 0.0492. The SMILES string of the molecule is CC1CCN(c2cc(O)cc(Nc3ccc(/C=N/Nc4ncc(F)c(N5CCOC(C6CNN(c7cccc(Nc8ccc(/C=N/Nc9ncc(F)c(N%10CCOCC%10)n9)nc8)c7)C6C)C5)n4)nc3)c2)N1. The first-order valence-electron chi connectivity index (χ1n) is 23.5. The number of pyridine rings is 2. The van der Waals surface area contributed by atoms with Gasteiger partial charge in [0.15, 0.2) is 23.3 Å². The first-order chi connectivity index (χ1) is 34.7. The fourth-order valence-corrected chi connectivity index (χ4v) is 8.88. The van der Waals surface area contributed by atoms with Crippen molar-refractivity contribution in [2.24, 2.45) is 16.1 Å². The fourth-order valence-electron chi connectivity index (χ4n) is 8.88. The summed E-state index contributed by atoms with van der Waals surface area (Å²) in [5.74, 6) is -0.104. The summed E-state index contributed by atoms with van der Waals surface area (Å²) >= 11 is 0. The monoisotopic (exact) mass is 968 g/mol. The predicted molar refractivity (Wildman–Crippen MR) is 269 cm³/mol. The van der Waals surface area contributed by atoms with Crippen LogP contribution in [0.5, 0.6) is 5.75 Å². The van der Waals surface area contributed by atoms with Crippen LogP contribution in [0.2, 0.25) is 0 Å². The van der Waals surface area contributed by atoms with Crippen LogP contribution in [0.15, 0.2) is 102 Å². The van der Waals surface area contributed by atoms with E-state index in [0.717, 1.165) is 59.5 Å². The zero-order valence-corrected chi connectivity index (χ0v) is 39.1. The number of anilines is 10. The molecule has 6 aromatic rings. The van der Waals surface area contributed by atoms with Crippen LogP contribution in [0, 0.1) is 17.6 Å². The van der Waals surface area contributed by atoms with Gasteiger partial charge in [-0.1, -0.05) is 6.07 Å². The summed E-state index contributed by atoms with van der Waals surface area (Å²) in [5, 5.41) is 29.7. The molecule has 0 spiro atoms. The van der Waals surface area contributed by atoms with Crippen molar-refractivity contribution in [3.8, 4) is 5.75 Å². The molecule has 0 saturated carbocycles. The van der Waals surface area contributed by atoms with Crippen LogP contribution in [0.25, 0.3) is 0 Å². The molecule has 4 unspecified atom stereocenters. The summed E-state index contributed by atoms with van der Waals surface area (Å²) in [6.45, 7) is 9.21. The number of aromatic hydroxyl groups is 1. The summed E-state index contributed by atoms with van der Waals surface area (Å²) in [4.78, 5) is 29.6. The number of morpholine rings is 2. The Labute approximate surface area is 408 Å². The zero-order chi connectivity index (χ0) is 48.7. The van der Waals surface area contributed by atoms with E-state index in [1.807, 2.05) is 57.3 Å². The number of nitrogens with zero attached hydrogens (tertiary/aromatic N) is 12. The molecule has 21 nitrogen and oxygen atoms in total. The van der Waals surface area contributed by atoms with Crippen molar-refractivity contribution in [1.82, 2.24) is 40.8 Å². The highest BCUT2D eigenvalue weighted by Gasteiger charge is 2.40. The number of halogens is 2. The lowest BCUT2D eigenvalue weighted by Crippen LogP contribution is -2.49. The number of phenolic OH excluding ortho intramolecular Hbond substituents is 1. The van der Waals surface area contributed by atoms with E-state index in [1.54, 1.807) is 30.6 Å². The van der Waals surface area contributed by atoms with Crippen molar-refractivity contribution >= 4 is 70.1 Å². The number of hydrogen-bond acceptors (Lipinski definition) is 21. The number of hydrazine groups is 2. The van der Waals surface area contributed by atoms with Gasteiger partial charge in [0.25, 0.3) is 0 Å². The van der Waals surface area contributed by atoms with Crippen LogP contribution < -0.4 is 52.2 Å². The average Bonchev–Trinajstić information content (AvgIpc) is 4.01. The molecule has 4 atom stereocenters. The third kappa shape index (κ3) is 11.4. The number of phenols is 1. The van der Waals surface area contributed by atoms with Gasteiger partial charge in [0.05, 0.1) is 97.3 Å². The molecular weight excluding hydrogens is 915 g/mol. The van der Waals surface area contributed by atoms with Gasteiger partial charge in [0, 0.05) is 80.8 Å². The van der Waals surface area contributed by atoms with Gasteiger partial charge < -0.3 is 45.0 Å². The molecule has 0 radical (unpaired) electrons. The minimum absolute atomic E-state index is 0.0384. The number of ether oxygens (including phenoxy) is 2. The summed E-state index contributed by atoms with van der Waals surface area (Å²) in [5.41, 5.74) is 18.7. The minimum Gasteiger partial charge on any atom is -0.508 e. The smallest absolute Gasteiger partial charge is 0.245 e. The fraction of sp³-hybridized carbons (Fsp3) is 0.333. The molecule has 8 heterocycles. The molecule has 4 fully saturated rings. The van der Waals surface area contributed by atoms with Gasteiger partial charge >= 0.3 is 0 Å². The molecule has 4 saturated heterocycles. The maximum absolute atomic E-state index is 15.4. The second-order valence-electron chi connectivity index (χ2n) is 17.5. The van der Waals surface area contributed by atoms with Gasteiger partial charge in [-0.2, -0.15) is 20.2 Å². The third-order valence-electron chi connectivity index (χ3n) is 12.5. The van der Waals surface area contributed by atoms with E-state index in [1.165, 1.54) is 12.4 Å². The standard InChI is InChI=1S/C48H54F2N18O3/c1-30-10-11-67(64-30)39-19-37(20-40(69)21-39)59-36-9-7-34(52-23-36)25-56-63-48-54-28-43(50)46(61-48)66-14-17-71-44(29-66)41-26-57-68(31(41)2)38-5-3-4-32(18-38)58-35-8-6-33(51-22-35)24-55-62-47-53-27-42(49)45(60-47)65-12-15-70-16-13-65/h3-9,18-25,27-28,30-31,41,44,57-59,64,69H,10-17,26,29H2,1-2H3,(H,53,60,62)(H,54,61,63)/b55-24+,56-25+. The molecule has 4 aliphatic rings. The maximum Gasteiger partial charge on any atom is 0.245 e. The molecular formula is C48H54F2N18O3. The molecule has 10 rings (SSSR count). The van der Waals surface area contributed by atoms with E-state index >= 15 is 4.39 Å². The van der Waals surface area contributed by atoms with Crippen molar-refractivity contribution in [1.29, 1.82) is 0 Å². The molecule has 0 bridgehead atoms. The molecule has 71 heavy (non-hydrogen) atoms. The van der Waals surface area contributed by atoms with Crippen LogP contribution in [0.4, 0.5) is 66.4 Å². The molecule has 4 aliphatic heterocycles. The highest BCUT2D eigenvalue weighted by Crippen LogP contribution is 2.33. The molecule has 4 aromatic heterocycles. The van der Waals surface area contributed by atoms with Crippen LogP contribution >= 0.6 is 0 Å². The number of hydrogen-bond donors (Lipinski definition) is 7. The number of hydrazone groups is 2. The summed E-state index contributed by atoms with van der Waals surface area (Å²) < 4.78 is 41.5. The van der Waals surface area contributed by atoms with E-state index in [2.05, 4.69) is 97.4 Å². The Kier molecular flexibility index (Phi) is 14.1. The Morgan fingerprint density at radius 2 is 1.35 bits per heavy atom.